The fourth-order valence-corrected chi connectivity index (χ4v) is 6.81. The number of nitrogens with zero attached hydrogens (tertiary/aromatic N) is 5. The van der Waals surface area contributed by atoms with E-state index in [2.05, 4.69) is 56.1 Å². The average molecular weight is 528 g/mol. The van der Waals surface area contributed by atoms with Gasteiger partial charge in [0.05, 0.1) is 30.2 Å². The second kappa shape index (κ2) is 11.1. The van der Waals surface area contributed by atoms with Crippen molar-refractivity contribution in [2.24, 2.45) is 0 Å². The smallest absolute Gasteiger partial charge is 0.242 e. The Hall–Kier alpha value is -3.07. The fraction of sp³-hybridized carbons (Fsp3) is 0.276. The van der Waals surface area contributed by atoms with Gasteiger partial charge in [-0.15, -0.1) is 10.2 Å². The van der Waals surface area contributed by atoms with Crippen LogP contribution in [0.2, 0.25) is 0 Å². The minimum absolute atomic E-state index is 0.0389. The van der Waals surface area contributed by atoms with E-state index >= 15 is 0 Å². The van der Waals surface area contributed by atoms with E-state index in [1.807, 2.05) is 47.4 Å². The first-order valence-electron chi connectivity index (χ1n) is 12.8. The zero-order valence-electron chi connectivity index (χ0n) is 20.6. The summed E-state index contributed by atoms with van der Waals surface area (Å²) >= 11 is 3.18. The van der Waals surface area contributed by atoms with Crippen LogP contribution in [0.15, 0.2) is 93.8 Å². The molecule has 8 heteroatoms. The van der Waals surface area contributed by atoms with Crippen LogP contribution in [0.1, 0.15) is 30.7 Å². The Balaban J connectivity index is 1.25. The van der Waals surface area contributed by atoms with Crippen LogP contribution in [0.5, 0.6) is 0 Å². The number of hydrogen-bond acceptors (Lipinski definition) is 6. The van der Waals surface area contributed by atoms with Crippen LogP contribution < -0.4 is 4.90 Å². The molecule has 0 spiro atoms. The maximum atomic E-state index is 13.7. The van der Waals surface area contributed by atoms with E-state index in [0.717, 1.165) is 51.8 Å². The van der Waals surface area contributed by atoms with Crippen LogP contribution in [0.25, 0.3) is 0 Å². The third-order valence-corrected chi connectivity index (χ3v) is 8.88. The van der Waals surface area contributed by atoms with E-state index in [1.54, 1.807) is 11.8 Å². The van der Waals surface area contributed by atoms with Crippen LogP contribution >= 0.6 is 23.5 Å². The number of hydrogen-bond donors (Lipinski definition) is 0. The van der Waals surface area contributed by atoms with E-state index in [0.29, 0.717) is 6.54 Å². The van der Waals surface area contributed by atoms with Crippen molar-refractivity contribution in [2.75, 3.05) is 23.7 Å². The first-order chi connectivity index (χ1) is 18.3. The van der Waals surface area contributed by atoms with Crippen molar-refractivity contribution < 1.29 is 4.79 Å². The molecule has 6 rings (SSSR count). The lowest BCUT2D eigenvalue weighted by Crippen LogP contribution is -2.31. The summed E-state index contributed by atoms with van der Waals surface area (Å²) in [5.74, 6) is 1.28. The molecular weight excluding hydrogens is 498 g/mol. The van der Waals surface area contributed by atoms with Crippen molar-refractivity contribution in [2.45, 2.75) is 47.3 Å². The SMILES string of the molecule is O=C(CSc1nnc(CN2CCCCC2)n1Cc1ccccc1)N1c2ccccc2Sc2ccccc21. The molecule has 3 heterocycles. The highest BCUT2D eigenvalue weighted by Crippen LogP contribution is 2.48. The third kappa shape index (κ3) is 5.32. The van der Waals surface area contributed by atoms with Crippen molar-refractivity contribution in [3.8, 4) is 0 Å². The molecule has 0 unspecified atom stereocenters. The van der Waals surface area contributed by atoms with Crippen molar-refractivity contribution in [1.82, 2.24) is 19.7 Å². The Labute approximate surface area is 226 Å². The van der Waals surface area contributed by atoms with Crippen LogP contribution in [-0.2, 0) is 17.9 Å². The molecule has 1 fully saturated rings. The first kappa shape index (κ1) is 24.3. The fourth-order valence-electron chi connectivity index (χ4n) is 4.95. The number of anilines is 2. The lowest BCUT2D eigenvalue weighted by molar-refractivity contribution is -0.115. The quantitative estimate of drug-likeness (QED) is 0.266. The molecule has 0 bridgehead atoms. The van der Waals surface area contributed by atoms with Gasteiger partial charge < -0.3 is 4.57 Å². The summed E-state index contributed by atoms with van der Waals surface area (Å²) in [6.07, 6.45) is 3.78. The summed E-state index contributed by atoms with van der Waals surface area (Å²) in [6.45, 7) is 3.69. The van der Waals surface area contributed by atoms with Gasteiger partial charge in [-0.3, -0.25) is 14.6 Å². The lowest BCUT2D eigenvalue weighted by atomic mass is 10.1. The number of piperidine rings is 1. The van der Waals surface area contributed by atoms with Crippen molar-refractivity contribution in [3.63, 3.8) is 0 Å². The molecule has 0 atom stereocenters. The molecule has 4 aromatic rings. The number of carbonyl (C=O) groups excluding carboxylic acids is 1. The summed E-state index contributed by atoms with van der Waals surface area (Å²) in [7, 11) is 0. The molecule has 2 aliphatic rings. The van der Waals surface area contributed by atoms with Gasteiger partial charge in [-0.05, 0) is 55.8 Å². The topological polar surface area (TPSA) is 54.3 Å². The molecule has 6 nitrogen and oxygen atoms in total. The Kier molecular flexibility index (Phi) is 7.30. The van der Waals surface area contributed by atoms with E-state index < -0.39 is 0 Å². The lowest BCUT2D eigenvalue weighted by Gasteiger charge is -2.31. The highest BCUT2D eigenvalue weighted by atomic mass is 32.2. The van der Waals surface area contributed by atoms with Crippen molar-refractivity contribution >= 4 is 40.8 Å². The predicted molar refractivity (Wildman–Crippen MR) is 150 cm³/mol. The molecule has 0 saturated carbocycles. The Bertz CT molecular complexity index is 1340. The molecule has 188 valence electrons. The molecule has 0 radical (unpaired) electrons. The molecule has 37 heavy (non-hydrogen) atoms. The summed E-state index contributed by atoms with van der Waals surface area (Å²) in [6, 6.07) is 26.6. The van der Waals surface area contributed by atoms with Gasteiger partial charge in [0.15, 0.2) is 5.16 Å². The van der Waals surface area contributed by atoms with Gasteiger partial charge in [-0.1, -0.05) is 84.5 Å². The van der Waals surface area contributed by atoms with Gasteiger partial charge in [0.1, 0.15) is 5.82 Å². The number of fused-ring (bicyclic) bond motifs is 2. The molecule has 0 N–H and O–H groups in total. The largest absolute Gasteiger partial charge is 0.300 e. The number of carbonyl (C=O) groups is 1. The third-order valence-electron chi connectivity index (χ3n) is 6.80. The normalized spacial score (nSPS) is 15.3. The van der Waals surface area contributed by atoms with E-state index in [9.17, 15) is 4.79 Å². The molecule has 0 aliphatic carbocycles. The standard InChI is InChI=1S/C29H29N5OS2/c35-28(34-23-13-5-7-15-25(23)37-26-16-8-6-14-24(26)34)21-36-29-31-30-27(20-32-17-9-2-10-18-32)33(29)19-22-11-3-1-4-12-22/h1,3-8,11-16H,2,9-10,17-21H2. The number of benzene rings is 3. The predicted octanol–water partition coefficient (Wildman–Crippen LogP) is 6.23. The minimum atomic E-state index is 0.0389. The number of para-hydroxylation sites is 2. The maximum absolute atomic E-state index is 13.7. The molecule has 2 aliphatic heterocycles. The summed E-state index contributed by atoms with van der Waals surface area (Å²) in [5, 5.41) is 9.94. The molecule has 1 amide bonds. The molecule has 3 aromatic carbocycles. The van der Waals surface area contributed by atoms with Crippen LogP contribution in [-0.4, -0.2) is 44.4 Å². The van der Waals surface area contributed by atoms with Crippen LogP contribution in [0.3, 0.4) is 0 Å². The Morgan fingerprint density at radius 1 is 0.784 bits per heavy atom. The van der Waals surface area contributed by atoms with Gasteiger partial charge in [0.2, 0.25) is 5.91 Å². The highest BCUT2D eigenvalue weighted by Gasteiger charge is 2.28. The number of amides is 1. The molecule has 1 saturated heterocycles. The van der Waals surface area contributed by atoms with E-state index in [-0.39, 0.29) is 11.7 Å². The molecule has 1 aromatic heterocycles. The van der Waals surface area contributed by atoms with Crippen LogP contribution in [0.4, 0.5) is 11.4 Å². The second-order valence-electron chi connectivity index (χ2n) is 9.36. The van der Waals surface area contributed by atoms with E-state index in [1.165, 1.54) is 36.6 Å². The van der Waals surface area contributed by atoms with Gasteiger partial charge in [-0.25, -0.2) is 0 Å². The summed E-state index contributed by atoms with van der Waals surface area (Å²) < 4.78 is 2.19. The number of aromatic nitrogens is 3. The average Bonchev–Trinajstić information content (AvgIpc) is 3.32. The van der Waals surface area contributed by atoms with Gasteiger partial charge in [0, 0.05) is 9.79 Å². The summed E-state index contributed by atoms with van der Waals surface area (Å²) in [5.41, 5.74) is 3.08. The van der Waals surface area contributed by atoms with Gasteiger partial charge in [-0.2, -0.15) is 0 Å². The Morgan fingerprint density at radius 2 is 1.43 bits per heavy atom. The monoisotopic (exact) mass is 527 g/mol. The summed E-state index contributed by atoms with van der Waals surface area (Å²) in [4.78, 5) is 20.2. The van der Waals surface area contributed by atoms with Crippen LogP contribution in [0, 0.1) is 0 Å². The maximum Gasteiger partial charge on any atom is 0.242 e. The number of likely N-dealkylation sites (tertiary alicyclic amines) is 1. The number of rotatable bonds is 7. The first-order valence-corrected chi connectivity index (χ1v) is 14.6. The molecular formula is C29H29N5OS2. The van der Waals surface area contributed by atoms with E-state index in [4.69, 9.17) is 0 Å². The van der Waals surface area contributed by atoms with Crippen molar-refractivity contribution in [3.05, 3.63) is 90.3 Å². The number of thioether (sulfide) groups is 1. The Morgan fingerprint density at radius 3 is 2.14 bits per heavy atom. The van der Waals surface area contributed by atoms with Gasteiger partial charge >= 0.3 is 0 Å². The second-order valence-corrected chi connectivity index (χ2v) is 11.4. The van der Waals surface area contributed by atoms with Crippen molar-refractivity contribution in [1.29, 1.82) is 0 Å². The van der Waals surface area contributed by atoms with Gasteiger partial charge in [0.25, 0.3) is 0 Å². The highest BCUT2D eigenvalue weighted by molar-refractivity contribution is 8.00. The zero-order valence-corrected chi connectivity index (χ0v) is 22.3. The minimum Gasteiger partial charge on any atom is -0.300 e. The zero-order chi connectivity index (χ0) is 25.0.